The van der Waals surface area contributed by atoms with Gasteiger partial charge < -0.3 is 10.5 Å². The maximum Gasteiger partial charge on any atom is 0.142 e. The Morgan fingerprint density at radius 1 is 1.25 bits per heavy atom. The molecule has 1 aromatic carbocycles. The van der Waals surface area contributed by atoms with Crippen molar-refractivity contribution in [3.63, 3.8) is 0 Å². The van der Waals surface area contributed by atoms with Gasteiger partial charge in [0.25, 0.3) is 0 Å². The van der Waals surface area contributed by atoms with Crippen molar-refractivity contribution in [2.24, 2.45) is 0 Å². The Morgan fingerprint density at radius 3 is 2.81 bits per heavy atom. The number of nitrogens with two attached hydrogens (primary N) is 1. The molecule has 0 radical (unpaired) electrons. The number of anilines is 1. The third-order valence-corrected chi connectivity index (χ3v) is 3.01. The molecular formula is C12H12N2OS. The van der Waals surface area contributed by atoms with Gasteiger partial charge in [0.15, 0.2) is 0 Å². The number of hydrogen-bond donors (Lipinski definition) is 1. The van der Waals surface area contributed by atoms with Gasteiger partial charge >= 0.3 is 0 Å². The van der Waals surface area contributed by atoms with E-state index in [1.165, 1.54) is 0 Å². The van der Waals surface area contributed by atoms with Crippen LogP contribution in [0.5, 0.6) is 5.75 Å². The monoisotopic (exact) mass is 232 g/mol. The van der Waals surface area contributed by atoms with Crippen LogP contribution in [0.3, 0.4) is 0 Å². The molecule has 2 rings (SSSR count). The third kappa shape index (κ3) is 2.46. The van der Waals surface area contributed by atoms with E-state index in [1.807, 2.05) is 36.4 Å². The molecule has 0 aliphatic carbocycles. The summed E-state index contributed by atoms with van der Waals surface area (Å²) in [6.45, 7) is 0. The maximum absolute atomic E-state index is 5.74. The van der Waals surface area contributed by atoms with E-state index < -0.39 is 0 Å². The van der Waals surface area contributed by atoms with Crippen LogP contribution in [0.25, 0.3) is 0 Å². The zero-order valence-corrected chi connectivity index (χ0v) is 9.70. The number of hydrogen-bond acceptors (Lipinski definition) is 4. The molecule has 0 saturated heterocycles. The number of methoxy groups -OCH3 is 1. The Bertz CT molecular complexity index is 474. The molecule has 1 aromatic heterocycles. The minimum Gasteiger partial charge on any atom is -0.495 e. The lowest BCUT2D eigenvalue weighted by molar-refractivity contribution is 0.416. The van der Waals surface area contributed by atoms with Crippen molar-refractivity contribution in [3.8, 4) is 5.75 Å². The normalized spacial score (nSPS) is 10.1. The first kappa shape index (κ1) is 10.8. The quantitative estimate of drug-likeness (QED) is 0.827. The molecule has 0 aliphatic rings. The molecule has 0 spiro atoms. The van der Waals surface area contributed by atoms with Gasteiger partial charge in [-0.25, -0.2) is 4.98 Å². The van der Waals surface area contributed by atoms with Crippen LogP contribution in [0.15, 0.2) is 52.5 Å². The number of benzene rings is 1. The van der Waals surface area contributed by atoms with Crippen molar-refractivity contribution in [1.29, 1.82) is 0 Å². The van der Waals surface area contributed by atoms with E-state index in [0.717, 1.165) is 9.92 Å². The zero-order chi connectivity index (χ0) is 11.4. The predicted octanol–water partition coefficient (Wildman–Crippen LogP) is 2.82. The third-order valence-electron chi connectivity index (χ3n) is 2.07. The average molecular weight is 232 g/mol. The molecule has 0 amide bonds. The Kier molecular flexibility index (Phi) is 3.31. The summed E-state index contributed by atoms with van der Waals surface area (Å²) in [5.41, 5.74) is 6.39. The summed E-state index contributed by atoms with van der Waals surface area (Å²) in [4.78, 5) is 5.30. The van der Waals surface area contributed by atoms with E-state index >= 15 is 0 Å². The highest BCUT2D eigenvalue weighted by molar-refractivity contribution is 7.99. The highest BCUT2D eigenvalue weighted by Gasteiger charge is 2.03. The van der Waals surface area contributed by atoms with Crippen LogP contribution >= 0.6 is 11.8 Å². The number of nitrogen functional groups attached to an aromatic ring is 1. The SMILES string of the molecule is COc1cc(Sc2ccccn2)ccc1N. The van der Waals surface area contributed by atoms with Gasteiger partial charge in [-0.05, 0) is 30.3 Å². The van der Waals surface area contributed by atoms with Crippen LogP contribution in [-0.4, -0.2) is 12.1 Å². The van der Waals surface area contributed by atoms with Crippen molar-refractivity contribution >= 4 is 17.4 Å². The minimum absolute atomic E-state index is 0.646. The number of aromatic nitrogens is 1. The number of nitrogens with zero attached hydrogens (tertiary/aromatic N) is 1. The maximum atomic E-state index is 5.74. The van der Waals surface area contributed by atoms with Crippen molar-refractivity contribution in [2.45, 2.75) is 9.92 Å². The lowest BCUT2D eigenvalue weighted by atomic mass is 10.3. The van der Waals surface area contributed by atoms with Crippen molar-refractivity contribution in [1.82, 2.24) is 4.98 Å². The molecule has 0 unspecified atom stereocenters. The summed E-state index contributed by atoms with van der Waals surface area (Å²) in [6, 6.07) is 11.5. The number of pyridine rings is 1. The lowest BCUT2D eigenvalue weighted by Crippen LogP contribution is -1.91. The van der Waals surface area contributed by atoms with Gasteiger partial charge in [-0.3, -0.25) is 0 Å². The van der Waals surface area contributed by atoms with Gasteiger partial charge in [0.1, 0.15) is 10.8 Å². The van der Waals surface area contributed by atoms with Crippen molar-refractivity contribution in [3.05, 3.63) is 42.6 Å². The fourth-order valence-corrected chi connectivity index (χ4v) is 2.09. The van der Waals surface area contributed by atoms with E-state index in [-0.39, 0.29) is 0 Å². The molecular weight excluding hydrogens is 220 g/mol. The first-order valence-corrected chi connectivity index (χ1v) is 5.63. The van der Waals surface area contributed by atoms with Crippen LogP contribution in [0.4, 0.5) is 5.69 Å². The molecule has 0 fully saturated rings. The van der Waals surface area contributed by atoms with Crippen LogP contribution in [0.1, 0.15) is 0 Å². The van der Waals surface area contributed by atoms with E-state index in [1.54, 1.807) is 25.1 Å². The van der Waals surface area contributed by atoms with Crippen LogP contribution in [0, 0.1) is 0 Å². The van der Waals surface area contributed by atoms with Gasteiger partial charge in [0.05, 0.1) is 12.8 Å². The number of rotatable bonds is 3. The average Bonchev–Trinajstić information content (AvgIpc) is 2.33. The Balaban J connectivity index is 2.22. The molecule has 82 valence electrons. The second-order valence-corrected chi connectivity index (χ2v) is 4.27. The fraction of sp³-hybridized carbons (Fsp3) is 0.0833. The van der Waals surface area contributed by atoms with E-state index in [0.29, 0.717) is 11.4 Å². The minimum atomic E-state index is 0.646. The summed E-state index contributed by atoms with van der Waals surface area (Å²) in [5, 5.41) is 0.953. The first-order valence-electron chi connectivity index (χ1n) is 4.82. The van der Waals surface area contributed by atoms with Gasteiger partial charge in [-0.2, -0.15) is 0 Å². The topological polar surface area (TPSA) is 48.1 Å². The van der Waals surface area contributed by atoms with E-state index in [9.17, 15) is 0 Å². The highest BCUT2D eigenvalue weighted by atomic mass is 32.2. The Labute approximate surface area is 98.6 Å². The summed E-state index contributed by atoms with van der Waals surface area (Å²) >= 11 is 1.58. The molecule has 2 N–H and O–H groups in total. The number of ether oxygens (including phenoxy) is 1. The standard InChI is InChI=1S/C12H12N2OS/c1-15-11-8-9(5-6-10(11)13)16-12-4-2-3-7-14-12/h2-8H,13H2,1H3. The van der Waals surface area contributed by atoms with Crippen molar-refractivity contribution < 1.29 is 4.74 Å². The molecule has 0 saturated carbocycles. The molecule has 0 atom stereocenters. The van der Waals surface area contributed by atoms with Gasteiger partial charge in [-0.1, -0.05) is 17.8 Å². The molecule has 1 heterocycles. The van der Waals surface area contributed by atoms with Crippen LogP contribution in [-0.2, 0) is 0 Å². The molecule has 0 aliphatic heterocycles. The zero-order valence-electron chi connectivity index (χ0n) is 8.88. The molecule has 0 bridgehead atoms. The van der Waals surface area contributed by atoms with Crippen LogP contribution < -0.4 is 10.5 Å². The summed E-state index contributed by atoms with van der Waals surface area (Å²) in [6.07, 6.45) is 1.77. The summed E-state index contributed by atoms with van der Waals surface area (Å²) < 4.78 is 5.16. The van der Waals surface area contributed by atoms with Crippen LogP contribution in [0.2, 0.25) is 0 Å². The summed E-state index contributed by atoms with van der Waals surface area (Å²) in [7, 11) is 1.61. The highest BCUT2D eigenvalue weighted by Crippen LogP contribution is 2.31. The predicted molar refractivity (Wildman–Crippen MR) is 65.8 cm³/mol. The lowest BCUT2D eigenvalue weighted by Gasteiger charge is -2.06. The smallest absolute Gasteiger partial charge is 0.142 e. The Hall–Kier alpha value is -1.68. The molecule has 2 aromatic rings. The summed E-state index contributed by atoms with van der Waals surface area (Å²) in [5.74, 6) is 0.695. The molecule has 3 nitrogen and oxygen atoms in total. The molecule has 4 heteroatoms. The van der Waals surface area contributed by atoms with E-state index in [4.69, 9.17) is 10.5 Å². The first-order chi connectivity index (χ1) is 7.79. The van der Waals surface area contributed by atoms with Crippen molar-refractivity contribution in [2.75, 3.05) is 12.8 Å². The fourth-order valence-electron chi connectivity index (χ4n) is 1.28. The van der Waals surface area contributed by atoms with E-state index in [2.05, 4.69) is 4.98 Å². The van der Waals surface area contributed by atoms with Gasteiger partial charge in [-0.15, -0.1) is 0 Å². The second kappa shape index (κ2) is 4.90. The molecule has 16 heavy (non-hydrogen) atoms. The Morgan fingerprint density at radius 2 is 2.12 bits per heavy atom. The van der Waals surface area contributed by atoms with Gasteiger partial charge in [0.2, 0.25) is 0 Å². The van der Waals surface area contributed by atoms with Gasteiger partial charge in [0, 0.05) is 11.1 Å². The largest absolute Gasteiger partial charge is 0.495 e. The second-order valence-electron chi connectivity index (χ2n) is 3.17.